The van der Waals surface area contributed by atoms with Crippen molar-refractivity contribution in [1.29, 1.82) is 0 Å². The lowest BCUT2D eigenvalue weighted by Gasteiger charge is -2.21. The highest BCUT2D eigenvalue weighted by Gasteiger charge is 2.28. The summed E-state index contributed by atoms with van der Waals surface area (Å²) in [5, 5.41) is 0. The summed E-state index contributed by atoms with van der Waals surface area (Å²) in [5.41, 5.74) is 1.51. The van der Waals surface area contributed by atoms with Crippen LogP contribution in [0.15, 0.2) is 52.2 Å². The molecule has 0 unspecified atom stereocenters. The van der Waals surface area contributed by atoms with E-state index in [4.69, 9.17) is 4.42 Å². The molecule has 1 aromatic heterocycles. The summed E-state index contributed by atoms with van der Waals surface area (Å²) in [7, 11) is -3.53. The molecule has 1 amide bonds. The quantitative estimate of drug-likeness (QED) is 0.852. The van der Waals surface area contributed by atoms with Crippen LogP contribution in [0, 0.1) is 6.92 Å². The molecule has 0 atom stereocenters. The third-order valence-electron chi connectivity index (χ3n) is 4.17. The Bertz CT molecular complexity index is 798. The number of hydrogen-bond acceptors (Lipinski definition) is 4. The molecule has 6 nitrogen and oxygen atoms in total. The van der Waals surface area contributed by atoms with Crippen LogP contribution in [-0.4, -0.2) is 49.7 Å². The predicted octanol–water partition coefficient (Wildman–Crippen LogP) is 2.12. The average molecular weight is 348 g/mol. The zero-order valence-electron chi connectivity index (χ0n) is 13.5. The highest BCUT2D eigenvalue weighted by Crippen LogP contribution is 2.19. The van der Waals surface area contributed by atoms with Gasteiger partial charge >= 0.3 is 0 Å². The van der Waals surface area contributed by atoms with Gasteiger partial charge < -0.3 is 9.32 Å². The smallest absolute Gasteiger partial charge is 0.257 e. The number of sulfonamides is 1. The zero-order chi connectivity index (χ0) is 17.2. The van der Waals surface area contributed by atoms with E-state index >= 15 is 0 Å². The average Bonchev–Trinajstić information content (AvgIpc) is 2.98. The van der Waals surface area contributed by atoms with Crippen LogP contribution in [0.1, 0.15) is 22.3 Å². The summed E-state index contributed by atoms with van der Waals surface area (Å²) in [6.07, 6.45) is 3.47. The molecule has 0 bridgehead atoms. The number of carbonyl (C=O) groups excluding carboxylic acids is 1. The Balaban J connectivity index is 1.73. The molecule has 1 aliphatic heterocycles. The van der Waals surface area contributed by atoms with Crippen molar-refractivity contribution in [3.8, 4) is 0 Å². The molecule has 0 aliphatic carbocycles. The van der Waals surface area contributed by atoms with Gasteiger partial charge in [-0.3, -0.25) is 4.79 Å². The minimum Gasteiger partial charge on any atom is -0.472 e. The first-order valence-electron chi connectivity index (χ1n) is 7.87. The van der Waals surface area contributed by atoms with E-state index in [0.29, 0.717) is 43.1 Å². The van der Waals surface area contributed by atoms with Crippen molar-refractivity contribution >= 4 is 15.9 Å². The monoisotopic (exact) mass is 348 g/mol. The second-order valence-corrected chi connectivity index (χ2v) is 7.81. The molecule has 1 aliphatic rings. The van der Waals surface area contributed by atoms with Gasteiger partial charge in [0.05, 0.1) is 16.7 Å². The Kier molecular flexibility index (Phi) is 4.73. The number of nitrogens with zero attached hydrogens (tertiary/aromatic N) is 2. The fourth-order valence-corrected chi connectivity index (χ4v) is 4.23. The molecule has 0 saturated carbocycles. The van der Waals surface area contributed by atoms with Crippen molar-refractivity contribution in [1.82, 2.24) is 9.21 Å². The SMILES string of the molecule is Cc1ccc(S(=O)(=O)N2CCCN(C(=O)c3ccoc3)CC2)cc1. The summed E-state index contributed by atoms with van der Waals surface area (Å²) in [6.45, 7) is 3.52. The third kappa shape index (κ3) is 3.37. The molecular formula is C17H20N2O4S. The van der Waals surface area contributed by atoms with Crippen LogP contribution in [0.3, 0.4) is 0 Å². The lowest BCUT2D eigenvalue weighted by atomic mass is 10.2. The lowest BCUT2D eigenvalue weighted by Crippen LogP contribution is -2.37. The van der Waals surface area contributed by atoms with Gasteiger partial charge in [0.15, 0.2) is 0 Å². The van der Waals surface area contributed by atoms with Crippen molar-refractivity contribution in [3.05, 3.63) is 54.0 Å². The third-order valence-corrected chi connectivity index (χ3v) is 6.08. The van der Waals surface area contributed by atoms with Gasteiger partial charge in [-0.15, -0.1) is 0 Å². The fourth-order valence-electron chi connectivity index (χ4n) is 2.77. The van der Waals surface area contributed by atoms with Crippen molar-refractivity contribution in [3.63, 3.8) is 0 Å². The Hall–Kier alpha value is -2.12. The maximum atomic E-state index is 12.8. The van der Waals surface area contributed by atoms with Gasteiger partial charge in [0.1, 0.15) is 6.26 Å². The van der Waals surface area contributed by atoms with Gasteiger partial charge in [0.2, 0.25) is 10.0 Å². The second kappa shape index (κ2) is 6.78. The molecule has 0 spiro atoms. The van der Waals surface area contributed by atoms with Gasteiger partial charge in [-0.1, -0.05) is 17.7 Å². The van der Waals surface area contributed by atoms with Crippen molar-refractivity contribution in [2.75, 3.05) is 26.2 Å². The number of benzene rings is 1. The Morgan fingerprint density at radius 3 is 2.46 bits per heavy atom. The summed E-state index contributed by atoms with van der Waals surface area (Å²) >= 11 is 0. The first kappa shape index (κ1) is 16.7. The van der Waals surface area contributed by atoms with Gasteiger partial charge in [0.25, 0.3) is 5.91 Å². The van der Waals surface area contributed by atoms with Gasteiger partial charge in [0, 0.05) is 26.2 Å². The lowest BCUT2D eigenvalue weighted by molar-refractivity contribution is 0.0763. The van der Waals surface area contributed by atoms with E-state index < -0.39 is 10.0 Å². The van der Waals surface area contributed by atoms with Crippen LogP contribution in [0.2, 0.25) is 0 Å². The molecule has 1 fully saturated rings. The Labute approximate surface area is 141 Å². The first-order valence-corrected chi connectivity index (χ1v) is 9.31. The van der Waals surface area contributed by atoms with Crippen molar-refractivity contribution in [2.45, 2.75) is 18.2 Å². The minimum absolute atomic E-state index is 0.127. The molecule has 0 radical (unpaired) electrons. The van der Waals surface area contributed by atoms with E-state index in [1.54, 1.807) is 35.2 Å². The topological polar surface area (TPSA) is 70.8 Å². The van der Waals surface area contributed by atoms with Gasteiger partial charge in [-0.25, -0.2) is 8.42 Å². The largest absolute Gasteiger partial charge is 0.472 e. The Morgan fingerprint density at radius 1 is 1.04 bits per heavy atom. The summed E-state index contributed by atoms with van der Waals surface area (Å²) in [5.74, 6) is -0.127. The van der Waals surface area contributed by atoms with Crippen LogP contribution in [-0.2, 0) is 10.0 Å². The second-order valence-electron chi connectivity index (χ2n) is 5.87. The normalized spacial score (nSPS) is 16.8. The fraction of sp³-hybridized carbons (Fsp3) is 0.353. The van der Waals surface area contributed by atoms with Crippen molar-refractivity contribution < 1.29 is 17.6 Å². The standard InChI is InChI=1S/C17H20N2O4S/c1-14-3-5-16(6-4-14)24(21,22)19-9-2-8-18(10-11-19)17(20)15-7-12-23-13-15/h3-7,12-13H,2,8-11H2,1H3. The van der Waals surface area contributed by atoms with Gasteiger partial charge in [-0.2, -0.15) is 4.31 Å². The number of hydrogen-bond donors (Lipinski definition) is 0. The van der Waals surface area contributed by atoms with E-state index in [2.05, 4.69) is 0 Å². The van der Waals surface area contributed by atoms with E-state index in [1.165, 1.54) is 16.8 Å². The number of carbonyl (C=O) groups is 1. The summed E-state index contributed by atoms with van der Waals surface area (Å²) in [6, 6.07) is 8.46. The molecule has 2 aromatic rings. The van der Waals surface area contributed by atoms with Crippen LogP contribution in [0.4, 0.5) is 0 Å². The van der Waals surface area contributed by atoms with E-state index in [-0.39, 0.29) is 5.91 Å². The number of rotatable bonds is 3. The maximum absolute atomic E-state index is 12.8. The minimum atomic E-state index is -3.53. The molecule has 0 N–H and O–H groups in total. The van der Waals surface area contributed by atoms with E-state index in [9.17, 15) is 13.2 Å². The summed E-state index contributed by atoms with van der Waals surface area (Å²) in [4.78, 5) is 14.3. The van der Waals surface area contributed by atoms with E-state index in [0.717, 1.165) is 5.56 Å². The van der Waals surface area contributed by atoms with Crippen LogP contribution >= 0.6 is 0 Å². The van der Waals surface area contributed by atoms with Crippen molar-refractivity contribution in [2.24, 2.45) is 0 Å². The van der Waals surface area contributed by atoms with Crippen LogP contribution in [0.25, 0.3) is 0 Å². The van der Waals surface area contributed by atoms with Gasteiger partial charge in [-0.05, 0) is 31.5 Å². The molecule has 3 rings (SSSR count). The predicted molar refractivity (Wildman–Crippen MR) is 89.2 cm³/mol. The molecule has 24 heavy (non-hydrogen) atoms. The summed E-state index contributed by atoms with van der Waals surface area (Å²) < 4.78 is 31.9. The number of furan rings is 1. The molecule has 2 heterocycles. The molecule has 1 aromatic carbocycles. The van der Waals surface area contributed by atoms with Crippen LogP contribution < -0.4 is 0 Å². The highest BCUT2D eigenvalue weighted by atomic mass is 32.2. The molecular weight excluding hydrogens is 328 g/mol. The Morgan fingerprint density at radius 2 is 1.79 bits per heavy atom. The maximum Gasteiger partial charge on any atom is 0.257 e. The van der Waals surface area contributed by atoms with Crippen LogP contribution in [0.5, 0.6) is 0 Å². The molecule has 1 saturated heterocycles. The zero-order valence-corrected chi connectivity index (χ0v) is 14.3. The highest BCUT2D eigenvalue weighted by molar-refractivity contribution is 7.89. The molecule has 128 valence electrons. The molecule has 7 heteroatoms. The number of aryl methyl sites for hydroxylation is 1. The van der Waals surface area contributed by atoms with E-state index in [1.807, 2.05) is 6.92 Å². The number of amides is 1. The first-order chi connectivity index (χ1) is 11.5.